The molecule has 4 nitrogen and oxygen atoms in total. The summed E-state index contributed by atoms with van der Waals surface area (Å²) in [6.45, 7) is 2.16. The second kappa shape index (κ2) is 5.07. The molecule has 0 saturated carbocycles. The number of esters is 1. The summed E-state index contributed by atoms with van der Waals surface area (Å²) in [6, 6.07) is 0. The SMILES string of the molecule is CCOC(=O)CC#Cc1nccn1C. The van der Waals surface area contributed by atoms with Gasteiger partial charge in [0.1, 0.15) is 6.42 Å². The number of carbonyl (C=O) groups excluding carboxylic acids is 1. The Balaban J connectivity index is 2.49. The van der Waals surface area contributed by atoms with E-state index in [1.54, 1.807) is 23.9 Å². The van der Waals surface area contributed by atoms with Crippen molar-refractivity contribution >= 4 is 5.97 Å². The normalized spacial score (nSPS) is 9.00. The summed E-state index contributed by atoms with van der Waals surface area (Å²) in [5.41, 5.74) is 0. The molecule has 0 N–H and O–H groups in total. The van der Waals surface area contributed by atoms with Crippen LogP contribution in [-0.2, 0) is 16.6 Å². The number of hydrogen-bond donors (Lipinski definition) is 0. The van der Waals surface area contributed by atoms with Gasteiger partial charge >= 0.3 is 5.97 Å². The molecule has 0 fully saturated rings. The van der Waals surface area contributed by atoms with Crippen molar-refractivity contribution in [2.24, 2.45) is 7.05 Å². The monoisotopic (exact) mass is 192 g/mol. The number of aromatic nitrogens is 2. The fraction of sp³-hybridized carbons (Fsp3) is 0.400. The van der Waals surface area contributed by atoms with Crippen LogP contribution in [0.15, 0.2) is 12.4 Å². The Hall–Kier alpha value is -1.76. The summed E-state index contributed by atoms with van der Waals surface area (Å²) < 4.78 is 6.51. The minimum absolute atomic E-state index is 0.112. The van der Waals surface area contributed by atoms with Gasteiger partial charge in [0.25, 0.3) is 0 Å². The van der Waals surface area contributed by atoms with Gasteiger partial charge in [-0.3, -0.25) is 4.79 Å². The number of ether oxygens (including phenoxy) is 1. The van der Waals surface area contributed by atoms with Gasteiger partial charge in [-0.05, 0) is 12.8 Å². The van der Waals surface area contributed by atoms with Crippen molar-refractivity contribution in [2.75, 3.05) is 6.61 Å². The summed E-state index contributed by atoms with van der Waals surface area (Å²) in [7, 11) is 1.85. The standard InChI is InChI=1S/C10H12N2O2/c1-3-14-10(13)6-4-5-9-11-7-8-12(9)2/h7-8H,3,6H2,1-2H3. The molecule has 0 spiro atoms. The molecule has 74 valence electrons. The molecular formula is C10H12N2O2. The molecule has 4 heteroatoms. The van der Waals surface area contributed by atoms with E-state index in [9.17, 15) is 4.79 Å². The van der Waals surface area contributed by atoms with Crippen LogP contribution in [-0.4, -0.2) is 22.1 Å². The minimum atomic E-state index is -0.297. The smallest absolute Gasteiger partial charge is 0.317 e. The predicted octanol–water partition coefficient (Wildman–Crippen LogP) is 0.725. The van der Waals surface area contributed by atoms with Crippen LogP contribution in [0.5, 0.6) is 0 Å². The molecular weight excluding hydrogens is 180 g/mol. The number of rotatable bonds is 2. The minimum Gasteiger partial charge on any atom is -0.465 e. The van der Waals surface area contributed by atoms with Crippen LogP contribution in [0.2, 0.25) is 0 Å². The van der Waals surface area contributed by atoms with Crippen molar-refractivity contribution in [3.63, 3.8) is 0 Å². The highest BCUT2D eigenvalue weighted by atomic mass is 16.5. The third-order valence-electron chi connectivity index (χ3n) is 1.56. The molecule has 0 radical (unpaired) electrons. The van der Waals surface area contributed by atoms with Crippen molar-refractivity contribution in [1.29, 1.82) is 0 Å². The number of carbonyl (C=O) groups is 1. The van der Waals surface area contributed by atoms with Crippen LogP contribution < -0.4 is 0 Å². The molecule has 1 heterocycles. The largest absolute Gasteiger partial charge is 0.465 e. The van der Waals surface area contributed by atoms with Gasteiger partial charge in [-0.25, -0.2) is 4.98 Å². The van der Waals surface area contributed by atoms with Gasteiger partial charge in [0.2, 0.25) is 0 Å². The van der Waals surface area contributed by atoms with E-state index in [-0.39, 0.29) is 12.4 Å². The maximum absolute atomic E-state index is 10.9. The molecule has 0 amide bonds. The first-order valence-corrected chi connectivity index (χ1v) is 4.36. The van der Waals surface area contributed by atoms with Crippen LogP contribution in [0.3, 0.4) is 0 Å². The van der Waals surface area contributed by atoms with E-state index in [0.717, 1.165) is 0 Å². The maximum atomic E-state index is 10.9. The Morgan fingerprint density at radius 3 is 3.07 bits per heavy atom. The molecule has 0 saturated heterocycles. The zero-order chi connectivity index (χ0) is 10.4. The topological polar surface area (TPSA) is 44.1 Å². The number of imidazole rings is 1. The van der Waals surface area contributed by atoms with Crippen LogP contribution in [0.4, 0.5) is 0 Å². The molecule has 0 bridgehead atoms. The summed E-state index contributed by atoms with van der Waals surface area (Å²) in [4.78, 5) is 14.9. The highest BCUT2D eigenvalue weighted by molar-refractivity contribution is 5.72. The maximum Gasteiger partial charge on any atom is 0.317 e. The average Bonchev–Trinajstić information content (AvgIpc) is 2.52. The van der Waals surface area contributed by atoms with Crippen LogP contribution in [0, 0.1) is 11.8 Å². The van der Waals surface area contributed by atoms with Crippen molar-refractivity contribution in [3.05, 3.63) is 18.2 Å². The highest BCUT2D eigenvalue weighted by Crippen LogP contribution is 1.91. The summed E-state index contributed by atoms with van der Waals surface area (Å²) >= 11 is 0. The van der Waals surface area contributed by atoms with E-state index >= 15 is 0 Å². The van der Waals surface area contributed by atoms with Gasteiger partial charge in [-0.15, -0.1) is 0 Å². The Morgan fingerprint density at radius 1 is 1.71 bits per heavy atom. The summed E-state index contributed by atoms with van der Waals surface area (Å²) in [5.74, 6) is 5.84. The Morgan fingerprint density at radius 2 is 2.50 bits per heavy atom. The lowest BCUT2D eigenvalue weighted by atomic mass is 10.4. The van der Waals surface area contributed by atoms with Gasteiger partial charge in [0, 0.05) is 19.4 Å². The molecule has 1 aromatic rings. The van der Waals surface area contributed by atoms with Crippen molar-refractivity contribution in [1.82, 2.24) is 9.55 Å². The van der Waals surface area contributed by atoms with E-state index in [1.807, 2.05) is 7.05 Å². The Kier molecular flexibility index (Phi) is 3.74. The summed E-state index contributed by atoms with van der Waals surface area (Å²) in [6.07, 6.45) is 3.57. The second-order valence-electron chi connectivity index (χ2n) is 2.65. The van der Waals surface area contributed by atoms with E-state index in [0.29, 0.717) is 12.4 Å². The molecule has 0 aliphatic heterocycles. The molecule has 1 rings (SSSR count). The molecule has 14 heavy (non-hydrogen) atoms. The van der Waals surface area contributed by atoms with Crippen LogP contribution >= 0.6 is 0 Å². The van der Waals surface area contributed by atoms with Gasteiger partial charge in [0.05, 0.1) is 6.61 Å². The molecule has 0 aliphatic carbocycles. The fourth-order valence-corrected chi connectivity index (χ4v) is 0.893. The van der Waals surface area contributed by atoms with Crippen LogP contribution in [0.1, 0.15) is 19.2 Å². The van der Waals surface area contributed by atoms with E-state index in [4.69, 9.17) is 4.74 Å². The number of hydrogen-bond acceptors (Lipinski definition) is 3. The van der Waals surface area contributed by atoms with Crippen molar-refractivity contribution < 1.29 is 9.53 Å². The molecule has 1 aromatic heterocycles. The third kappa shape index (κ3) is 2.94. The predicted molar refractivity (Wildman–Crippen MR) is 51.3 cm³/mol. The summed E-state index contributed by atoms with van der Waals surface area (Å²) in [5, 5.41) is 0. The van der Waals surface area contributed by atoms with Crippen molar-refractivity contribution in [2.45, 2.75) is 13.3 Å². The first-order valence-electron chi connectivity index (χ1n) is 4.36. The van der Waals surface area contributed by atoms with E-state index < -0.39 is 0 Å². The van der Waals surface area contributed by atoms with Crippen molar-refractivity contribution in [3.8, 4) is 11.8 Å². The zero-order valence-corrected chi connectivity index (χ0v) is 8.28. The highest BCUT2D eigenvalue weighted by Gasteiger charge is 1.97. The first-order chi connectivity index (χ1) is 6.74. The number of nitrogens with zero attached hydrogens (tertiary/aromatic N) is 2. The lowest BCUT2D eigenvalue weighted by Gasteiger charge is -1.94. The zero-order valence-electron chi connectivity index (χ0n) is 8.28. The van der Waals surface area contributed by atoms with Gasteiger partial charge in [-0.2, -0.15) is 0 Å². The second-order valence-corrected chi connectivity index (χ2v) is 2.65. The molecule has 0 atom stereocenters. The molecule has 0 aromatic carbocycles. The third-order valence-corrected chi connectivity index (χ3v) is 1.56. The quantitative estimate of drug-likeness (QED) is 0.512. The lowest BCUT2D eigenvalue weighted by Crippen LogP contribution is -2.01. The first kappa shape index (κ1) is 10.3. The molecule has 0 unspecified atom stereocenters. The Bertz CT molecular complexity index is 371. The molecule has 0 aliphatic rings. The Labute approximate surface area is 82.9 Å². The van der Waals surface area contributed by atoms with E-state index in [1.165, 1.54) is 0 Å². The van der Waals surface area contributed by atoms with E-state index in [2.05, 4.69) is 16.8 Å². The van der Waals surface area contributed by atoms with Gasteiger partial charge in [-0.1, -0.05) is 5.92 Å². The number of aryl methyl sites for hydroxylation is 1. The lowest BCUT2D eigenvalue weighted by molar-refractivity contribution is -0.141. The fourth-order valence-electron chi connectivity index (χ4n) is 0.893. The average molecular weight is 192 g/mol. The van der Waals surface area contributed by atoms with Crippen LogP contribution in [0.25, 0.3) is 0 Å². The van der Waals surface area contributed by atoms with Gasteiger partial charge < -0.3 is 9.30 Å². The van der Waals surface area contributed by atoms with Gasteiger partial charge in [0.15, 0.2) is 5.82 Å².